The molecule has 0 bridgehead atoms. The van der Waals surface area contributed by atoms with Crippen LogP contribution in [0.3, 0.4) is 0 Å². The number of hydrogen-bond acceptors (Lipinski definition) is 2. The lowest BCUT2D eigenvalue weighted by molar-refractivity contribution is 0.146. The second-order valence-corrected chi connectivity index (χ2v) is 2.87. The largest absolute Gasteiger partial charge is 0.394 e. The Hall–Kier alpha value is -0.780. The van der Waals surface area contributed by atoms with E-state index in [1.54, 1.807) is 0 Å². The van der Waals surface area contributed by atoms with Crippen molar-refractivity contribution < 1.29 is 18.3 Å². The minimum absolute atomic E-state index is 0. The van der Waals surface area contributed by atoms with Gasteiger partial charge < -0.3 is 10.8 Å². The molecule has 86 valence electrons. The Morgan fingerprint density at radius 2 is 1.93 bits per heavy atom. The molecule has 0 aliphatic rings. The highest BCUT2D eigenvalue weighted by Crippen LogP contribution is 2.24. The van der Waals surface area contributed by atoms with Crippen LogP contribution in [0.5, 0.6) is 0 Å². The monoisotopic (exact) mass is 241 g/mol. The highest BCUT2D eigenvalue weighted by atomic mass is 35.5. The first-order valence-corrected chi connectivity index (χ1v) is 4.00. The molecule has 0 aromatic heterocycles. The van der Waals surface area contributed by atoms with E-state index in [1.165, 1.54) is 6.07 Å². The summed E-state index contributed by atoms with van der Waals surface area (Å²) >= 11 is 0. The summed E-state index contributed by atoms with van der Waals surface area (Å²) in [5.74, 6) is -0.999. The molecule has 2 nitrogen and oxygen atoms in total. The molecule has 0 radical (unpaired) electrons. The Kier molecular flexibility index (Phi) is 5.64. The van der Waals surface area contributed by atoms with Gasteiger partial charge in [0.2, 0.25) is 0 Å². The number of halogens is 4. The lowest BCUT2D eigenvalue weighted by atomic mass is 10.1. The first kappa shape index (κ1) is 14.2. The van der Waals surface area contributed by atoms with E-state index in [0.29, 0.717) is 5.56 Å². The van der Waals surface area contributed by atoms with Crippen molar-refractivity contribution in [3.63, 3.8) is 0 Å². The number of nitrogens with two attached hydrogens (primary N) is 1. The Balaban J connectivity index is 0.00000196. The Labute approximate surface area is 91.3 Å². The van der Waals surface area contributed by atoms with Crippen LogP contribution < -0.4 is 5.73 Å². The van der Waals surface area contributed by atoms with Crippen LogP contribution in [0.25, 0.3) is 0 Å². The summed E-state index contributed by atoms with van der Waals surface area (Å²) in [5.41, 5.74) is 5.03. The van der Waals surface area contributed by atoms with Gasteiger partial charge in [-0.25, -0.2) is 13.2 Å². The van der Waals surface area contributed by atoms with E-state index < -0.39 is 23.8 Å². The van der Waals surface area contributed by atoms with E-state index >= 15 is 0 Å². The standard InChI is InChI=1S/C9H10F3NO.ClH/c10-7-3-5(8(13)4-14)1-2-6(7)9(11)12;/h1-3,8-9,14H,4,13H2;1H/t8-;/m0./s1. The van der Waals surface area contributed by atoms with Gasteiger partial charge in [0, 0.05) is 0 Å². The van der Waals surface area contributed by atoms with E-state index in [2.05, 4.69) is 0 Å². The van der Waals surface area contributed by atoms with Crippen molar-refractivity contribution in [3.8, 4) is 0 Å². The van der Waals surface area contributed by atoms with Crippen molar-refractivity contribution in [2.24, 2.45) is 5.73 Å². The molecule has 15 heavy (non-hydrogen) atoms. The van der Waals surface area contributed by atoms with E-state index in [0.717, 1.165) is 12.1 Å². The van der Waals surface area contributed by atoms with Gasteiger partial charge in [-0.1, -0.05) is 12.1 Å². The summed E-state index contributed by atoms with van der Waals surface area (Å²) in [7, 11) is 0. The van der Waals surface area contributed by atoms with Crippen LogP contribution in [0.15, 0.2) is 18.2 Å². The van der Waals surface area contributed by atoms with Gasteiger partial charge >= 0.3 is 0 Å². The fourth-order valence-electron chi connectivity index (χ4n) is 1.06. The average Bonchev–Trinajstić information content (AvgIpc) is 2.15. The molecule has 1 aromatic rings. The Morgan fingerprint density at radius 3 is 2.33 bits per heavy atom. The molecule has 0 saturated heterocycles. The molecule has 0 spiro atoms. The molecule has 0 fully saturated rings. The van der Waals surface area contributed by atoms with Crippen molar-refractivity contribution in [1.82, 2.24) is 0 Å². The van der Waals surface area contributed by atoms with Gasteiger partial charge in [0.1, 0.15) is 5.82 Å². The Morgan fingerprint density at radius 1 is 1.33 bits per heavy atom. The molecule has 6 heteroatoms. The number of aliphatic hydroxyl groups excluding tert-OH is 1. The Bertz CT molecular complexity index is 322. The van der Waals surface area contributed by atoms with Gasteiger partial charge in [-0.15, -0.1) is 12.4 Å². The predicted octanol–water partition coefficient (Wildman–Crippen LogP) is 2.18. The van der Waals surface area contributed by atoms with Crippen molar-refractivity contribution >= 4 is 12.4 Å². The zero-order valence-corrected chi connectivity index (χ0v) is 8.48. The van der Waals surface area contributed by atoms with E-state index in [1.807, 2.05) is 0 Å². The minimum atomic E-state index is -2.84. The van der Waals surface area contributed by atoms with Crippen LogP contribution in [0.2, 0.25) is 0 Å². The van der Waals surface area contributed by atoms with Gasteiger partial charge in [-0.2, -0.15) is 0 Å². The topological polar surface area (TPSA) is 46.2 Å². The minimum Gasteiger partial charge on any atom is -0.394 e. The second-order valence-electron chi connectivity index (χ2n) is 2.87. The van der Waals surface area contributed by atoms with Crippen molar-refractivity contribution in [3.05, 3.63) is 35.1 Å². The molecule has 0 aliphatic carbocycles. The lowest BCUT2D eigenvalue weighted by Crippen LogP contribution is -2.14. The molecule has 1 atom stereocenters. The van der Waals surface area contributed by atoms with Crippen LogP contribution in [0, 0.1) is 5.82 Å². The summed E-state index contributed by atoms with van der Waals surface area (Å²) in [6.45, 7) is -0.354. The first-order chi connectivity index (χ1) is 6.56. The van der Waals surface area contributed by atoms with Crippen molar-refractivity contribution in [2.75, 3.05) is 6.61 Å². The maximum absolute atomic E-state index is 13.0. The lowest BCUT2D eigenvalue weighted by Gasteiger charge is -2.10. The van der Waals surface area contributed by atoms with Gasteiger partial charge in [0.25, 0.3) is 6.43 Å². The number of hydrogen-bond donors (Lipinski definition) is 2. The van der Waals surface area contributed by atoms with E-state index in [-0.39, 0.29) is 19.0 Å². The number of alkyl halides is 2. The van der Waals surface area contributed by atoms with Crippen LogP contribution in [0.4, 0.5) is 13.2 Å². The molecule has 0 aliphatic heterocycles. The van der Waals surface area contributed by atoms with Gasteiger partial charge in [-0.3, -0.25) is 0 Å². The third-order valence-corrected chi connectivity index (χ3v) is 1.88. The third-order valence-electron chi connectivity index (χ3n) is 1.88. The summed E-state index contributed by atoms with van der Waals surface area (Å²) < 4.78 is 37.2. The zero-order valence-electron chi connectivity index (χ0n) is 7.66. The molecule has 0 heterocycles. The van der Waals surface area contributed by atoms with E-state index in [4.69, 9.17) is 10.8 Å². The van der Waals surface area contributed by atoms with Gasteiger partial charge in [0.05, 0.1) is 18.2 Å². The molecule has 1 rings (SSSR count). The van der Waals surface area contributed by atoms with Crippen molar-refractivity contribution in [1.29, 1.82) is 0 Å². The maximum atomic E-state index is 13.0. The number of rotatable bonds is 3. The summed E-state index contributed by atoms with van der Waals surface area (Å²) in [6, 6.07) is 2.44. The molecule has 1 aromatic carbocycles. The first-order valence-electron chi connectivity index (χ1n) is 4.00. The number of benzene rings is 1. The highest BCUT2D eigenvalue weighted by Gasteiger charge is 2.14. The smallest absolute Gasteiger partial charge is 0.266 e. The normalized spacial score (nSPS) is 12.4. The summed E-state index contributed by atoms with van der Waals surface area (Å²) in [5, 5.41) is 8.66. The molecule has 0 amide bonds. The summed E-state index contributed by atoms with van der Waals surface area (Å²) in [6.07, 6.45) is -2.84. The van der Waals surface area contributed by atoms with Gasteiger partial charge in [0.15, 0.2) is 0 Å². The fourth-order valence-corrected chi connectivity index (χ4v) is 1.06. The predicted molar refractivity (Wildman–Crippen MR) is 52.6 cm³/mol. The van der Waals surface area contributed by atoms with Gasteiger partial charge in [-0.05, 0) is 11.6 Å². The zero-order chi connectivity index (χ0) is 10.7. The number of aliphatic hydroxyl groups is 1. The molecule has 3 N–H and O–H groups in total. The SMILES string of the molecule is Cl.N[C@@H](CO)c1ccc(C(F)F)c(F)c1. The molecule has 0 unspecified atom stereocenters. The summed E-state index contributed by atoms with van der Waals surface area (Å²) in [4.78, 5) is 0. The molecule has 0 saturated carbocycles. The van der Waals surface area contributed by atoms with Crippen LogP contribution in [0.1, 0.15) is 23.6 Å². The van der Waals surface area contributed by atoms with E-state index in [9.17, 15) is 13.2 Å². The van der Waals surface area contributed by atoms with Crippen LogP contribution in [-0.2, 0) is 0 Å². The molecular weight excluding hydrogens is 231 g/mol. The highest BCUT2D eigenvalue weighted by molar-refractivity contribution is 5.85. The van der Waals surface area contributed by atoms with Crippen LogP contribution in [-0.4, -0.2) is 11.7 Å². The maximum Gasteiger partial charge on any atom is 0.266 e. The average molecular weight is 242 g/mol. The third kappa shape index (κ3) is 3.37. The quantitative estimate of drug-likeness (QED) is 0.852. The van der Waals surface area contributed by atoms with Crippen molar-refractivity contribution in [2.45, 2.75) is 12.5 Å². The van der Waals surface area contributed by atoms with Crippen LogP contribution >= 0.6 is 12.4 Å². The fraction of sp³-hybridized carbons (Fsp3) is 0.333. The molecular formula is C9H11ClF3NO. The second kappa shape index (κ2) is 5.95.